The molecule has 0 aliphatic carbocycles. The van der Waals surface area contributed by atoms with E-state index >= 15 is 0 Å². The number of halogens is 1. The SMILES string of the molecule is Cc1ccc(-n2c(Br)nnc2SC(C)(C)C(=O)CCC(=O)O)c2ccccc12. The van der Waals surface area contributed by atoms with E-state index in [0.29, 0.717) is 9.89 Å². The van der Waals surface area contributed by atoms with Crippen LogP contribution in [0.5, 0.6) is 0 Å². The largest absolute Gasteiger partial charge is 0.481 e. The smallest absolute Gasteiger partial charge is 0.303 e. The lowest BCUT2D eigenvalue weighted by molar-refractivity contribution is -0.138. The lowest BCUT2D eigenvalue weighted by Gasteiger charge is -2.22. The van der Waals surface area contributed by atoms with Gasteiger partial charge in [-0.05, 0) is 53.7 Å². The van der Waals surface area contributed by atoms with E-state index in [-0.39, 0.29) is 18.6 Å². The molecule has 0 saturated heterocycles. The molecular weight excluding hydrogens is 442 g/mol. The number of carboxylic acids is 1. The summed E-state index contributed by atoms with van der Waals surface area (Å²) in [5.74, 6) is -1.12. The summed E-state index contributed by atoms with van der Waals surface area (Å²) >= 11 is 4.74. The van der Waals surface area contributed by atoms with Crippen LogP contribution in [0, 0.1) is 6.92 Å². The summed E-state index contributed by atoms with van der Waals surface area (Å²) in [4.78, 5) is 23.3. The van der Waals surface area contributed by atoms with Crippen molar-refractivity contribution in [3.63, 3.8) is 0 Å². The Kier molecular flexibility index (Phi) is 5.90. The molecule has 0 radical (unpaired) electrons. The molecule has 28 heavy (non-hydrogen) atoms. The zero-order valence-electron chi connectivity index (χ0n) is 15.8. The predicted octanol–water partition coefficient (Wildman–Crippen LogP) is 4.80. The highest BCUT2D eigenvalue weighted by Gasteiger charge is 2.32. The first-order chi connectivity index (χ1) is 13.2. The van der Waals surface area contributed by atoms with Gasteiger partial charge in [0.25, 0.3) is 0 Å². The second-order valence-electron chi connectivity index (χ2n) is 6.96. The minimum Gasteiger partial charge on any atom is -0.481 e. The molecular formula is C20H20BrN3O3S. The normalized spacial score (nSPS) is 11.7. The Morgan fingerprint density at radius 1 is 1.11 bits per heavy atom. The molecule has 0 amide bonds. The standard InChI is InChI=1S/C20H20BrN3O3S/c1-12-8-9-15(14-7-5-4-6-13(12)14)24-18(21)22-23-19(24)28-20(2,3)16(25)10-11-17(26)27/h4-9H,10-11H2,1-3H3,(H,26,27). The van der Waals surface area contributed by atoms with Gasteiger partial charge in [0.2, 0.25) is 4.73 Å². The Bertz CT molecular complexity index is 1060. The summed E-state index contributed by atoms with van der Waals surface area (Å²) in [5.41, 5.74) is 2.08. The van der Waals surface area contributed by atoms with Gasteiger partial charge in [0.1, 0.15) is 5.78 Å². The maximum atomic E-state index is 12.5. The maximum Gasteiger partial charge on any atom is 0.303 e. The Morgan fingerprint density at radius 2 is 1.79 bits per heavy atom. The fourth-order valence-corrected chi connectivity index (χ4v) is 4.54. The minimum atomic E-state index is -0.980. The monoisotopic (exact) mass is 461 g/mol. The average Bonchev–Trinajstić information content (AvgIpc) is 3.00. The fourth-order valence-electron chi connectivity index (χ4n) is 2.96. The van der Waals surface area contributed by atoms with Crippen LogP contribution in [-0.2, 0) is 9.59 Å². The molecule has 0 spiro atoms. The van der Waals surface area contributed by atoms with E-state index in [4.69, 9.17) is 5.11 Å². The number of Topliss-reactive ketones (excluding diaryl/α,β-unsaturated/α-hetero) is 1. The molecule has 0 aliphatic rings. The third-order valence-electron chi connectivity index (χ3n) is 4.54. The van der Waals surface area contributed by atoms with Gasteiger partial charge in [0.15, 0.2) is 5.16 Å². The average molecular weight is 462 g/mol. The number of ketones is 1. The summed E-state index contributed by atoms with van der Waals surface area (Å²) in [6.45, 7) is 5.62. The number of rotatable bonds is 7. The Morgan fingerprint density at radius 3 is 2.46 bits per heavy atom. The van der Waals surface area contributed by atoms with Crippen LogP contribution in [0.1, 0.15) is 32.3 Å². The van der Waals surface area contributed by atoms with Crippen molar-refractivity contribution >= 4 is 50.2 Å². The topological polar surface area (TPSA) is 85.1 Å². The van der Waals surface area contributed by atoms with Crippen molar-refractivity contribution in [2.75, 3.05) is 0 Å². The molecule has 2 aromatic carbocycles. The summed E-state index contributed by atoms with van der Waals surface area (Å²) in [6.07, 6.45) is -0.195. The van der Waals surface area contributed by atoms with E-state index in [9.17, 15) is 9.59 Å². The molecule has 0 saturated carbocycles. The summed E-state index contributed by atoms with van der Waals surface area (Å²) in [7, 11) is 0. The molecule has 6 nitrogen and oxygen atoms in total. The first kappa shape index (κ1) is 20.5. The van der Waals surface area contributed by atoms with Crippen molar-refractivity contribution in [3.8, 4) is 5.69 Å². The van der Waals surface area contributed by atoms with Crippen LogP contribution >= 0.6 is 27.7 Å². The number of carboxylic acid groups (broad SMARTS) is 1. The van der Waals surface area contributed by atoms with Gasteiger partial charge in [0, 0.05) is 11.8 Å². The number of carbonyl (C=O) groups excluding carboxylic acids is 1. The van der Waals surface area contributed by atoms with Crippen molar-refractivity contribution in [1.82, 2.24) is 14.8 Å². The third kappa shape index (κ3) is 4.12. The van der Waals surface area contributed by atoms with Crippen LogP contribution in [-0.4, -0.2) is 36.4 Å². The molecule has 0 fully saturated rings. The maximum absolute atomic E-state index is 12.5. The Hall–Kier alpha value is -2.19. The highest BCUT2D eigenvalue weighted by molar-refractivity contribution is 9.10. The van der Waals surface area contributed by atoms with Gasteiger partial charge in [-0.2, -0.15) is 0 Å². The van der Waals surface area contributed by atoms with Crippen molar-refractivity contribution in [2.24, 2.45) is 0 Å². The van der Waals surface area contributed by atoms with Gasteiger partial charge >= 0.3 is 5.97 Å². The van der Waals surface area contributed by atoms with Crippen molar-refractivity contribution in [2.45, 2.75) is 43.5 Å². The number of hydrogen-bond acceptors (Lipinski definition) is 5. The van der Waals surface area contributed by atoms with Crippen LogP contribution in [0.2, 0.25) is 0 Å². The second-order valence-corrected chi connectivity index (χ2v) is 9.26. The van der Waals surface area contributed by atoms with Gasteiger partial charge in [-0.15, -0.1) is 10.2 Å². The van der Waals surface area contributed by atoms with Crippen molar-refractivity contribution < 1.29 is 14.7 Å². The minimum absolute atomic E-state index is 0.0158. The summed E-state index contributed by atoms with van der Waals surface area (Å²) < 4.78 is 1.58. The van der Waals surface area contributed by atoms with E-state index in [2.05, 4.69) is 39.1 Å². The molecule has 1 aromatic heterocycles. The Labute approximate surface area is 175 Å². The lowest BCUT2D eigenvalue weighted by Crippen LogP contribution is -2.28. The van der Waals surface area contributed by atoms with E-state index in [0.717, 1.165) is 16.5 Å². The van der Waals surface area contributed by atoms with E-state index in [1.54, 1.807) is 13.8 Å². The summed E-state index contributed by atoms with van der Waals surface area (Å²) in [6, 6.07) is 12.1. The van der Waals surface area contributed by atoms with Crippen LogP contribution in [0.15, 0.2) is 46.3 Å². The number of aliphatic carboxylic acids is 1. The highest BCUT2D eigenvalue weighted by atomic mass is 79.9. The number of benzene rings is 2. The summed E-state index contributed by atoms with van der Waals surface area (Å²) in [5, 5.41) is 20.0. The van der Waals surface area contributed by atoms with E-state index < -0.39 is 10.7 Å². The van der Waals surface area contributed by atoms with Crippen LogP contribution in [0.4, 0.5) is 0 Å². The molecule has 0 bridgehead atoms. The zero-order valence-corrected chi connectivity index (χ0v) is 18.2. The number of hydrogen-bond donors (Lipinski definition) is 1. The number of aromatic nitrogens is 3. The fraction of sp³-hybridized carbons (Fsp3) is 0.300. The Balaban J connectivity index is 2.01. The number of carbonyl (C=O) groups is 2. The van der Waals surface area contributed by atoms with Gasteiger partial charge in [-0.25, -0.2) is 0 Å². The molecule has 0 aliphatic heterocycles. The second kappa shape index (κ2) is 8.05. The number of fused-ring (bicyclic) bond motifs is 1. The zero-order chi connectivity index (χ0) is 20.5. The molecule has 0 unspecified atom stereocenters. The number of thioether (sulfide) groups is 1. The number of nitrogens with zero attached hydrogens (tertiary/aromatic N) is 3. The molecule has 146 valence electrons. The molecule has 3 rings (SSSR count). The molecule has 0 atom stereocenters. The molecule has 1 N–H and O–H groups in total. The van der Waals surface area contributed by atoms with Gasteiger partial charge in [-0.1, -0.05) is 42.1 Å². The van der Waals surface area contributed by atoms with Crippen LogP contribution < -0.4 is 0 Å². The predicted molar refractivity (Wildman–Crippen MR) is 113 cm³/mol. The molecule has 1 heterocycles. The van der Waals surface area contributed by atoms with E-state index in [1.807, 2.05) is 34.9 Å². The van der Waals surface area contributed by atoms with Crippen LogP contribution in [0.3, 0.4) is 0 Å². The van der Waals surface area contributed by atoms with E-state index in [1.165, 1.54) is 17.3 Å². The van der Waals surface area contributed by atoms with Crippen molar-refractivity contribution in [3.05, 3.63) is 46.7 Å². The number of aryl methyl sites for hydroxylation is 1. The van der Waals surface area contributed by atoms with Gasteiger partial charge in [0.05, 0.1) is 16.9 Å². The quantitative estimate of drug-likeness (QED) is 0.508. The highest BCUT2D eigenvalue weighted by Crippen LogP contribution is 2.37. The molecule has 8 heteroatoms. The molecule has 3 aromatic rings. The van der Waals surface area contributed by atoms with Crippen molar-refractivity contribution in [1.29, 1.82) is 0 Å². The van der Waals surface area contributed by atoms with Gasteiger partial charge < -0.3 is 5.11 Å². The first-order valence-corrected chi connectivity index (χ1v) is 10.4. The van der Waals surface area contributed by atoms with Gasteiger partial charge in [-0.3, -0.25) is 14.2 Å². The van der Waals surface area contributed by atoms with Crippen LogP contribution in [0.25, 0.3) is 16.5 Å². The lowest BCUT2D eigenvalue weighted by atomic mass is 10.0. The first-order valence-electron chi connectivity index (χ1n) is 8.74. The third-order valence-corrected chi connectivity index (χ3v) is 6.24.